The minimum Gasteiger partial charge on any atom is -0.484 e. The molecule has 246 valence electrons. The van der Waals surface area contributed by atoms with Crippen LogP contribution in [0.4, 0.5) is 8.78 Å². The molecule has 0 aromatic heterocycles. The summed E-state index contributed by atoms with van der Waals surface area (Å²) < 4.78 is 44.1. The summed E-state index contributed by atoms with van der Waals surface area (Å²) in [5, 5.41) is 6.22. The monoisotopic (exact) mass is 669 g/mol. The Labute approximate surface area is 271 Å². The second kappa shape index (κ2) is 14.1. The Morgan fingerprint density at radius 3 is 1.89 bits per heavy atom. The van der Waals surface area contributed by atoms with Crippen molar-refractivity contribution < 1.29 is 37.4 Å². The number of nitrogens with one attached hydrogen (secondary N) is 2. The Morgan fingerprint density at radius 1 is 0.889 bits per heavy atom. The number of rotatable bonds is 12. The van der Waals surface area contributed by atoms with Crippen molar-refractivity contribution in [3.63, 3.8) is 0 Å². The van der Waals surface area contributed by atoms with Crippen LogP contribution in [0.3, 0.4) is 0 Å². The average Bonchev–Trinajstić information content (AvgIpc) is 2.97. The van der Waals surface area contributed by atoms with Gasteiger partial charge in [-0.1, -0.05) is 23.2 Å². The van der Waals surface area contributed by atoms with Crippen LogP contribution in [0.5, 0.6) is 11.5 Å². The van der Waals surface area contributed by atoms with E-state index in [2.05, 4.69) is 10.6 Å². The van der Waals surface area contributed by atoms with Gasteiger partial charge in [-0.3, -0.25) is 14.4 Å². The molecule has 2 aromatic rings. The van der Waals surface area contributed by atoms with Crippen LogP contribution >= 0.6 is 23.2 Å². The van der Waals surface area contributed by atoms with Gasteiger partial charge in [0.1, 0.15) is 28.7 Å². The minimum absolute atomic E-state index is 0.0436. The molecule has 0 aliphatic heterocycles. The predicted molar refractivity (Wildman–Crippen MR) is 166 cm³/mol. The smallest absolute Gasteiger partial charge is 0.307 e. The highest BCUT2D eigenvalue weighted by atomic mass is 35.5. The lowest BCUT2D eigenvalue weighted by molar-refractivity contribution is -0.155. The second-order valence-corrected chi connectivity index (χ2v) is 13.6. The normalized spacial score (nSPS) is 22.6. The summed E-state index contributed by atoms with van der Waals surface area (Å²) in [4.78, 5) is 40.7. The quantitative estimate of drug-likeness (QED) is 0.290. The van der Waals surface area contributed by atoms with Gasteiger partial charge in [-0.05, 0) is 84.2 Å². The molecular formula is C32H39Cl2F2N3O6. The van der Waals surface area contributed by atoms with E-state index in [0.717, 1.165) is 12.1 Å². The van der Waals surface area contributed by atoms with Crippen LogP contribution in [0, 0.1) is 11.6 Å². The van der Waals surface area contributed by atoms with Crippen molar-refractivity contribution in [2.45, 2.75) is 82.0 Å². The molecule has 9 nitrogen and oxygen atoms in total. The number of amides is 2. The van der Waals surface area contributed by atoms with Gasteiger partial charge < -0.3 is 29.7 Å². The number of hydrogen-bond acceptors (Lipinski definition) is 7. The molecular weight excluding hydrogens is 631 g/mol. The average molecular weight is 671 g/mol. The molecule has 3 aliphatic carbocycles. The number of likely N-dealkylation sites (N-methyl/N-ethyl adjacent to an activating group) is 1. The third-order valence-electron chi connectivity index (χ3n) is 8.26. The number of esters is 1. The maximum absolute atomic E-state index is 13.8. The molecule has 0 saturated heterocycles. The number of hydrogen-bond donors (Lipinski definition) is 2. The van der Waals surface area contributed by atoms with Gasteiger partial charge in [0.15, 0.2) is 13.2 Å². The van der Waals surface area contributed by atoms with Crippen molar-refractivity contribution in [1.29, 1.82) is 0 Å². The largest absolute Gasteiger partial charge is 0.484 e. The van der Waals surface area contributed by atoms with Crippen molar-refractivity contribution in [1.82, 2.24) is 15.5 Å². The van der Waals surface area contributed by atoms with E-state index in [-0.39, 0.29) is 65.0 Å². The van der Waals surface area contributed by atoms with Crippen molar-refractivity contribution in [2.24, 2.45) is 0 Å². The van der Waals surface area contributed by atoms with Gasteiger partial charge in [-0.15, -0.1) is 0 Å². The van der Waals surface area contributed by atoms with Crippen LogP contribution in [-0.2, 0) is 19.1 Å². The molecule has 2 amide bonds. The molecule has 0 heterocycles. The molecule has 3 fully saturated rings. The zero-order valence-electron chi connectivity index (χ0n) is 25.8. The molecule has 0 spiro atoms. The molecule has 3 aliphatic rings. The Balaban J connectivity index is 1.44. The number of ether oxygens (including phenoxy) is 3. The molecule has 13 heteroatoms. The van der Waals surface area contributed by atoms with E-state index in [9.17, 15) is 23.2 Å². The number of halogens is 4. The molecule has 2 aromatic carbocycles. The minimum atomic E-state index is -0.655. The van der Waals surface area contributed by atoms with Crippen molar-refractivity contribution in [3.05, 3.63) is 58.1 Å². The lowest BCUT2D eigenvalue weighted by atomic mass is 9.58. The fraction of sp³-hybridized carbons (Fsp3) is 0.531. The third kappa shape index (κ3) is 9.20. The summed E-state index contributed by atoms with van der Waals surface area (Å²) >= 11 is 11.5. The van der Waals surface area contributed by atoms with E-state index in [1.165, 1.54) is 24.3 Å². The second-order valence-electron chi connectivity index (χ2n) is 12.8. The Bertz CT molecular complexity index is 1410. The van der Waals surface area contributed by atoms with Gasteiger partial charge in [0, 0.05) is 30.3 Å². The highest BCUT2D eigenvalue weighted by Gasteiger charge is 2.56. The van der Waals surface area contributed by atoms with Crippen LogP contribution in [0.25, 0.3) is 0 Å². The van der Waals surface area contributed by atoms with Crippen LogP contribution in [0.1, 0.15) is 59.3 Å². The SMILES string of the molecule is CN(CCC(=O)OC(C)(C)C)C1CC2(NC(=O)COc3ccc(Cl)c(F)c3)CCC1(NC(=O)COc1ccc(Cl)c(F)c1)CC2. The fourth-order valence-electron chi connectivity index (χ4n) is 6.13. The van der Waals surface area contributed by atoms with Gasteiger partial charge in [0.25, 0.3) is 11.8 Å². The van der Waals surface area contributed by atoms with E-state index in [1.54, 1.807) is 20.8 Å². The summed E-state index contributed by atoms with van der Waals surface area (Å²) in [7, 11) is 1.88. The van der Waals surface area contributed by atoms with E-state index in [1.807, 2.05) is 11.9 Å². The van der Waals surface area contributed by atoms with Crippen molar-refractivity contribution in [3.8, 4) is 11.5 Å². The van der Waals surface area contributed by atoms with Gasteiger partial charge >= 0.3 is 5.97 Å². The topological polar surface area (TPSA) is 106 Å². The number of benzene rings is 2. The maximum atomic E-state index is 13.8. The molecule has 2 N–H and O–H groups in total. The van der Waals surface area contributed by atoms with Gasteiger partial charge in [-0.25, -0.2) is 8.78 Å². The van der Waals surface area contributed by atoms with Crippen molar-refractivity contribution >= 4 is 41.0 Å². The van der Waals surface area contributed by atoms with Crippen LogP contribution < -0.4 is 20.1 Å². The maximum Gasteiger partial charge on any atom is 0.307 e. The number of carbonyl (C=O) groups excluding carboxylic acids is 3. The highest BCUT2D eigenvalue weighted by molar-refractivity contribution is 6.31. The van der Waals surface area contributed by atoms with E-state index >= 15 is 0 Å². The zero-order chi connectivity index (χ0) is 33.0. The Kier molecular flexibility index (Phi) is 10.9. The predicted octanol–water partition coefficient (Wildman–Crippen LogP) is 5.45. The Hall–Kier alpha value is -3.15. The number of carbonyl (C=O) groups is 3. The molecule has 3 saturated carbocycles. The molecule has 0 radical (unpaired) electrons. The Morgan fingerprint density at radius 2 is 1.40 bits per heavy atom. The first-order valence-electron chi connectivity index (χ1n) is 14.8. The molecule has 1 atom stereocenters. The summed E-state index contributed by atoms with van der Waals surface area (Å²) in [5.41, 5.74) is -1.84. The van der Waals surface area contributed by atoms with Crippen LogP contribution in [-0.4, -0.2) is 72.2 Å². The first-order chi connectivity index (χ1) is 21.1. The summed E-state index contributed by atoms with van der Waals surface area (Å²) in [6.07, 6.45) is 2.94. The molecule has 5 rings (SSSR count). The first-order valence-corrected chi connectivity index (χ1v) is 15.5. The molecule has 2 bridgehead atoms. The van der Waals surface area contributed by atoms with E-state index in [0.29, 0.717) is 38.6 Å². The fourth-order valence-corrected chi connectivity index (χ4v) is 6.37. The lowest BCUT2D eigenvalue weighted by Gasteiger charge is -2.60. The number of nitrogens with zero attached hydrogens (tertiary/aromatic N) is 1. The van der Waals surface area contributed by atoms with Gasteiger partial charge in [-0.2, -0.15) is 0 Å². The summed E-state index contributed by atoms with van der Waals surface area (Å²) in [6.45, 7) is 5.14. The summed E-state index contributed by atoms with van der Waals surface area (Å²) in [6, 6.07) is 7.67. The van der Waals surface area contributed by atoms with Crippen LogP contribution in [0.2, 0.25) is 10.0 Å². The van der Waals surface area contributed by atoms with Gasteiger partial charge in [0.2, 0.25) is 0 Å². The van der Waals surface area contributed by atoms with Crippen LogP contribution in [0.15, 0.2) is 36.4 Å². The van der Waals surface area contributed by atoms with E-state index < -0.39 is 28.3 Å². The number of fused-ring (bicyclic) bond motifs is 3. The van der Waals surface area contributed by atoms with E-state index in [4.69, 9.17) is 37.4 Å². The molecule has 1 unspecified atom stereocenters. The van der Waals surface area contributed by atoms with Gasteiger partial charge in [0.05, 0.1) is 22.0 Å². The summed E-state index contributed by atoms with van der Waals surface area (Å²) in [5.74, 6) is -2.01. The zero-order valence-corrected chi connectivity index (χ0v) is 27.3. The first kappa shape index (κ1) is 34.7. The lowest BCUT2D eigenvalue weighted by Crippen LogP contribution is -2.73. The van der Waals surface area contributed by atoms with Crippen molar-refractivity contribution in [2.75, 3.05) is 26.8 Å². The molecule has 45 heavy (non-hydrogen) atoms. The third-order valence-corrected chi connectivity index (χ3v) is 8.87. The standard InChI is InChI=1S/C32H39Cl2F2N3O6/c1-30(2,3)45-29(42)9-14-39(4)26-17-31(37-27(40)18-43-20-5-7-22(33)24(35)15-20)10-12-32(26,13-11-31)38-28(41)19-44-21-6-8-23(34)25(36)16-21/h5-8,15-16,26H,9-14,17-19H2,1-4H3,(H,37,40)(H,38,41). The highest BCUT2D eigenvalue weighted by Crippen LogP contribution is 2.48.